The van der Waals surface area contributed by atoms with Crippen molar-refractivity contribution in [3.8, 4) is 22.9 Å². The molecule has 1 aliphatic carbocycles. The van der Waals surface area contributed by atoms with Crippen LogP contribution >= 0.6 is 0 Å². The fourth-order valence-corrected chi connectivity index (χ4v) is 4.70. The van der Waals surface area contributed by atoms with Gasteiger partial charge in [-0.2, -0.15) is 18.3 Å². The maximum Gasteiger partial charge on any atom is 0.417 e. The van der Waals surface area contributed by atoms with Gasteiger partial charge in [-0.15, -0.1) is 0 Å². The highest BCUT2D eigenvalue weighted by molar-refractivity contribution is 5.94. The van der Waals surface area contributed by atoms with Gasteiger partial charge >= 0.3 is 6.18 Å². The summed E-state index contributed by atoms with van der Waals surface area (Å²) in [5, 5.41) is 19.2. The van der Waals surface area contributed by atoms with Crippen LogP contribution in [0.5, 0.6) is 11.6 Å². The van der Waals surface area contributed by atoms with E-state index in [-0.39, 0.29) is 24.4 Å². The molecule has 8 nitrogen and oxygen atoms in total. The van der Waals surface area contributed by atoms with Crippen molar-refractivity contribution in [3.05, 3.63) is 95.1 Å². The molecular weight excluding hydrogens is 535 g/mol. The number of aromatic nitrogens is 4. The van der Waals surface area contributed by atoms with Crippen LogP contribution in [0.3, 0.4) is 0 Å². The molecule has 0 radical (unpaired) electrons. The molecule has 1 aromatic carbocycles. The predicted octanol–water partition coefficient (Wildman–Crippen LogP) is 5.97. The number of nitrogens with one attached hydrogen (secondary N) is 2. The Kier molecular flexibility index (Phi) is 8.44. The van der Waals surface area contributed by atoms with Gasteiger partial charge in [-0.25, -0.2) is 4.98 Å². The van der Waals surface area contributed by atoms with Crippen LogP contribution < -0.4 is 10.1 Å². The molecule has 0 bridgehead atoms. The van der Waals surface area contributed by atoms with Crippen LogP contribution in [0.2, 0.25) is 0 Å². The molecule has 3 aromatic heterocycles. The van der Waals surface area contributed by atoms with E-state index in [1.54, 1.807) is 30.6 Å². The molecule has 1 amide bonds. The largest absolute Gasteiger partial charge is 0.439 e. The van der Waals surface area contributed by atoms with Crippen molar-refractivity contribution >= 4 is 12.0 Å². The number of H-pyrrole nitrogens is 1. The minimum absolute atomic E-state index is 0.00162. The SMILES string of the molecule is O=C(NC1CCC(=Cc2cccc(Oc3ccc(C(F)(F)F)cn3)c2)CC1)c1ccc(-c2cn[nH]c2CCO)nc1. The predicted molar refractivity (Wildman–Crippen MR) is 146 cm³/mol. The average molecular weight is 564 g/mol. The number of nitrogens with zero attached hydrogens (tertiary/aromatic N) is 3. The zero-order valence-electron chi connectivity index (χ0n) is 22.0. The van der Waals surface area contributed by atoms with Crippen molar-refractivity contribution in [1.29, 1.82) is 0 Å². The van der Waals surface area contributed by atoms with Crippen molar-refractivity contribution < 1.29 is 27.8 Å². The van der Waals surface area contributed by atoms with E-state index in [2.05, 4.69) is 31.6 Å². The lowest BCUT2D eigenvalue weighted by atomic mass is 9.89. The maximum absolute atomic E-state index is 12.8. The van der Waals surface area contributed by atoms with Gasteiger partial charge in [0.2, 0.25) is 5.88 Å². The summed E-state index contributed by atoms with van der Waals surface area (Å²) in [6, 6.07) is 13.0. The van der Waals surface area contributed by atoms with Gasteiger partial charge in [0.1, 0.15) is 5.75 Å². The van der Waals surface area contributed by atoms with Crippen molar-refractivity contribution in [2.75, 3.05) is 6.61 Å². The summed E-state index contributed by atoms with van der Waals surface area (Å²) in [5.41, 5.74) is 4.06. The molecule has 0 atom stereocenters. The first-order valence-electron chi connectivity index (χ1n) is 13.2. The van der Waals surface area contributed by atoms with Gasteiger partial charge in [-0.3, -0.25) is 14.9 Å². The summed E-state index contributed by atoms with van der Waals surface area (Å²) in [6.45, 7) is -0.00162. The van der Waals surface area contributed by atoms with Gasteiger partial charge in [0.15, 0.2) is 0 Å². The Labute approximate surface area is 234 Å². The van der Waals surface area contributed by atoms with Crippen LogP contribution in [0.25, 0.3) is 17.3 Å². The minimum Gasteiger partial charge on any atom is -0.439 e. The first kappa shape index (κ1) is 28.0. The summed E-state index contributed by atoms with van der Waals surface area (Å²) < 4.78 is 43.9. The molecule has 3 heterocycles. The monoisotopic (exact) mass is 563 g/mol. The molecule has 212 valence electrons. The lowest BCUT2D eigenvalue weighted by Crippen LogP contribution is -2.36. The third-order valence-corrected chi connectivity index (χ3v) is 6.86. The van der Waals surface area contributed by atoms with Gasteiger partial charge in [-0.05, 0) is 61.6 Å². The number of halogens is 3. The van der Waals surface area contributed by atoms with Gasteiger partial charge in [0.05, 0.1) is 23.0 Å². The van der Waals surface area contributed by atoms with Crippen LogP contribution in [0, 0.1) is 0 Å². The number of allylic oxidation sites excluding steroid dienone is 1. The summed E-state index contributed by atoms with van der Waals surface area (Å²) >= 11 is 0. The Balaban J connectivity index is 1.14. The number of hydrogen-bond acceptors (Lipinski definition) is 6. The second kappa shape index (κ2) is 12.3. The molecule has 0 aliphatic heterocycles. The number of aliphatic hydroxyl groups excluding tert-OH is 1. The molecule has 0 saturated heterocycles. The van der Waals surface area contributed by atoms with Crippen molar-refractivity contribution in [2.45, 2.75) is 44.3 Å². The smallest absolute Gasteiger partial charge is 0.417 e. The number of amides is 1. The maximum atomic E-state index is 12.8. The Morgan fingerprint density at radius 2 is 1.90 bits per heavy atom. The molecule has 41 heavy (non-hydrogen) atoms. The summed E-state index contributed by atoms with van der Waals surface area (Å²) in [6.07, 6.45) is 5.26. The molecule has 4 aromatic rings. The van der Waals surface area contributed by atoms with E-state index < -0.39 is 11.7 Å². The topological polar surface area (TPSA) is 113 Å². The van der Waals surface area contributed by atoms with Crippen molar-refractivity contribution in [2.24, 2.45) is 0 Å². The molecule has 11 heteroatoms. The Morgan fingerprint density at radius 3 is 2.59 bits per heavy atom. The lowest BCUT2D eigenvalue weighted by Gasteiger charge is -2.25. The number of ether oxygens (including phenoxy) is 1. The zero-order valence-corrected chi connectivity index (χ0v) is 22.0. The summed E-state index contributed by atoms with van der Waals surface area (Å²) in [5.74, 6) is 0.382. The summed E-state index contributed by atoms with van der Waals surface area (Å²) in [4.78, 5) is 21.0. The number of carbonyl (C=O) groups is 1. The number of rotatable bonds is 8. The standard InChI is InChI=1S/C30H28F3N5O3/c31-30(32,33)22-7-11-28(35-17-22)41-24-3-1-2-20(15-24)14-19-4-8-23(9-5-19)37-29(40)21-6-10-26(34-16-21)25-18-36-38-27(25)12-13-39/h1-3,6-7,10-11,14-18,23,39H,4-5,8-9,12-13H2,(H,36,38)(H,37,40). The highest BCUT2D eigenvalue weighted by Gasteiger charge is 2.30. The van der Waals surface area contributed by atoms with Crippen LogP contribution in [0.4, 0.5) is 13.2 Å². The van der Waals surface area contributed by atoms with E-state index in [0.717, 1.165) is 54.8 Å². The molecule has 5 rings (SSSR count). The van der Waals surface area contributed by atoms with E-state index in [0.29, 0.717) is 23.4 Å². The lowest BCUT2D eigenvalue weighted by molar-refractivity contribution is -0.137. The number of alkyl halides is 3. The second-order valence-corrected chi connectivity index (χ2v) is 9.78. The van der Waals surface area contributed by atoms with Crippen molar-refractivity contribution in [3.63, 3.8) is 0 Å². The normalized spacial score (nSPS) is 15.4. The highest BCUT2D eigenvalue weighted by atomic mass is 19.4. The van der Waals surface area contributed by atoms with E-state index >= 15 is 0 Å². The second-order valence-electron chi connectivity index (χ2n) is 9.78. The number of benzene rings is 1. The van der Waals surface area contributed by atoms with Crippen LogP contribution in [-0.4, -0.2) is 43.8 Å². The Morgan fingerprint density at radius 1 is 1.07 bits per heavy atom. The van der Waals surface area contributed by atoms with E-state index in [4.69, 9.17) is 4.74 Å². The van der Waals surface area contributed by atoms with Gasteiger partial charge < -0.3 is 15.2 Å². The third kappa shape index (κ3) is 7.17. The quantitative estimate of drug-likeness (QED) is 0.244. The zero-order chi connectivity index (χ0) is 28.8. The van der Waals surface area contributed by atoms with Crippen LogP contribution in [0.15, 0.2) is 72.7 Å². The minimum atomic E-state index is -4.45. The molecule has 1 saturated carbocycles. The summed E-state index contributed by atoms with van der Waals surface area (Å²) in [7, 11) is 0. The molecule has 1 fully saturated rings. The third-order valence-electron chi connectivity index (χ3n) is 6.86. The highest BCUT2D eigenvalue weighted by Crippen LogP contribution is 2.31. The van der Waals surface area contributed by atoms with E-state index in [1.807, 2.05) is 18.2 Å². The molecule has 0 unspecified atom stereocenters. The number of carbonyl (C=O) groups excluding carboxylic acids is 1. The van der Waals surface area contributed by atoms with E-state index in [1.165, 1.54) is 11.6 Å². The average Bonchev–Trinajstić information content (AvgIpc) is 3.43. The van der Waals surface area contributed by atoms with Gasteiger partial charge in [0.25, 0.3) is 5.91 Å². The number of pyridine rings is 2. The number of hydrogen-bond donors (Lipinski definition) is 3. The Hall–Kier alpha value is -4.51. The first-order valence-corrected chi connectivity index (χ1v) is 13.2. The fraction of sp³-hybridized carbons (Fsp3) is 0.267. The van der Waals surface area contributed by atoms with Gasteiger partial charge in [0, 0.05) is 48.8 Å². The van der Waals surface area contributed by atoms with Crippen molar-refractivity contribution in [1.82, 2.24) is 25.5 Å². The molecular formula is C30H28F3N5O3. The molecule has 0 spiro atoms. The van der Waals surface area contributed by atoms with Gasteiger partial charge in [-0.1, -0.05) is 23.8 Å². The number of aromatic amines is 1. The Bertz CT molecular complexity index is 1510. The first-order chi connectivity index (χ1) is 19.8. The fourth-order valence-electron chi connectivity index (χ4n) is 4.70. The van der Waals surface area contributed by atoms with E-state index in [9.17, 15) is 23.1 Å². The number of aliphatic hydroxyl groups is 1. The molecule has 3 N–H and O–H groups in total. The van der Waals surface area contributed by atoms with Crippen LogP contribution in [-0.2, 0) is 12.6 Å². The van der Waals surface area contributed by atoms with Crippen LogP contribution in [0.1, 0.15) is 52.9 Å². The molecule has 1 aliphatic rings.